The smallest absolute Gasteiger partial charge is 0.261 e. The number of sulfonamides is 1. The van der Waals surface area contributed by atoms with Gasteiger partial charge in [0.2, 0.25) is 5.78 Å². The molecule has 158 valence electrons. The summed E-state index contributed by atoms with van der Waals surface area (Å²) in [6, 6.07) is 24.1. The lowest BCUT2D eigenvalue weighted by Gasteiger charge is -2.12. The Balaban J connectivity index is 1.44. The Morgan fingerprint density at radius 2 is 1.56 bits per heavy atom. The van der Waals surface area contributed by atoms with E-state index in [0.29, 0.717) is 11.5 Å². The second-order valence-electron chi connectivity index (χ2n) is 7.48. The molecule has 2 heterocycles. The lowest BCUT2D eigenvalue weighted by molar-refractivity contribution is 0.601. The van der Waals surface area contributed by atoms with Crippen LogP contribution in [0.5, 0.6) is 0 Å². The number of aromatic nitrogens is 3. The predicted octanol–water partition coefficient (Wildman–Crippen LogP) is 5.17. The van der Waals surface area contributed by atoms with Crippen molar-refractivity contribution in [2.45, 2.75) is 11.8 Å². The van der Waals surface area contributed by atoms with Crippen LogP contribution in [0, 0.1) is 6.92 Å². The van der Waals surface area contributed by atoms with Crippen molar-refractivity contribution in [3.05, 3.63) is 103 Å². The maximum Gasteiger partial charge on any atom is 0.261 e. The number of benzene rings is 3. The molecule has 0 radical (unpaired) electrons. The molecule has 0 saturated heterocycles. The first-order valence-corrected chi connectivity index (χ1v) is 11.6. The Labute approximate surface area is 186 Å². The summed E-state index contributed by atoms with van der Waals surface area (Å²) in [6.45, 7) is 1.87. The zero-order valence-corrected chi connectivity index (χ0v) is 18.1. The molecule has 6 nitrogen and oxygen atoms in total. The fourth-order valence-electron chi connectivity index (χ4n) is 3.52. The van der Waals surface area contributed by atoms with Crippen molar-refractivity contribution in [3.63, 3.8) is 0 Å². The Hall–Kier alpha value is -3.97. The van der Waals surface area contributed by atoms with Gasteiger partial charge in [0.1, 0.15) is 0 Å². The van der Waals surface area contributed by atoms with Crippen molar-refractivity contribution < 1.29 is 8.42 Å². The molecule has 0 aliphatic heterocycles. The average Bonchev–Trinajstić information content (AvgIpc) is 3.25. The van der Waals surface area contributed by atoms with Crippen molar-refractivity contribution >= 4 is 21.5 Å². The standard InChI is InChI=1S/C25H20N4O2S/c1-18-8-9-21(24-17-29-15-5-14-26-25(29)27-24)16-23(18)28-32(30,31)22-12-10-20(11-13-22)19-6-3-2-4-7-19/h2-17,28H,1H3. The van der Waals surface area contributed by atoms with Crippen molar-refractivity contribution in [1.82, 2.24) is 14.4 Å². The van der Waals surface area contributed by atoms with Gasteiger partial charge in [0.25, 0.3) is 10.0 Å². The average molecular weight is 441 g/mol. The molecule has 0 saturated carbocycles. The van der Waals surface area contributed by atoms with E-state index in [0.717, 1.165) is 27.9 Å². The first-order chi connectivity index (χ1) is 15.5. The van der Waals surface area contributed by atoms with E-state index in [1.165, 1.54) is 0 Å². The summed E-state index contributed by atoms with van der Waals surface area (Å²) < 4.78 is 30.7. The quantitative estimate of drug-likeness (QED) is 0.409. The molecule has 0 atom stereocenters. The Bertz CT molecular complexity index is 1480. The van der Waals surface area contributed by atoms with Crippen LogP contribution >= 0.6 is 0 Å². The highest BCUT2D eigenvalue weighted by Gasteiger charge is 2.16. The van der Waals surface area contributed by atoms with Crippen molar-refractivity contribution in [2.24, 2.45) is 0 Å². The maximum absolute atomic E-state index is 13.0. The van der Waals surface area contributed by atoms with Gasteiger partial charge >= 0.3 is 0 Å². The van der Waals surface area contributed by atoms with Crippen molar-refractivity contribution in [2.75, 3.05) is 4.72 Å². The van der Waals surface area contributed by atoms with Gasteiger partial charge in [-0.25, -0.2) is 18.4 Å². The van der Waals surface area contributed by atoms with Crippen LogP contribution in [0.1, 0.15) is 5.56 Å². The van der Waals surface area contributed by atoms with Crippen LogP contribution in [0.15, 0.2) is 102 Å². The van der Waals surface area contributed by atoms with E-state index in [-0.39, 0.29) is 4.90 Å². The van der Waals surface area contributed by atoms with Gasteiger partial charge in [-0.05, 0) is 47.9 Å². The first-order valence-electron chi connectivity index (χ1n) is 10.1. The Morgan fingerprint density at radius 1 is 0.844 bits per heavy atom. The van der Waals surface area contributed by atoms with E-state index < -0.39 is 10.0 Å². The normalized spacial score (nSPS) is 11.5. The fraction of sp³-hybridized carbons (Fsp3) is 0.0400. The summed E-state index contributed by atoms with van der Waals surface area (Å²) in [4.78, 5) is 8.96. The van der Waals surface area contributed by atoms with Gasteiger partial charge in [-0.2, -0.15) is 0 Å². The number of aryl methyl sites for hydroxylation is 1. The third-order valence-electron chi connectivity index (χ3n) is 5.28. The second kappa shape index (κ2) is 7.94. The molecule has 0 unspecified atom stereocenters. The first kappa shape index (κ1) is 20.0. The number of rotatable bonds is 5. The van der Waals surface area contributed by atoms with Gasteiger partial charge in [-0.15, -0.1) is 0 Å². The van der Waals surface area contributed by atoms with Gasteiger partial charge in [0.05, 0.1) is 16.3 Å². The number of nitrogens with one attached hydrogen (secondary N) is 1. The van der Waals surface area contributed by atoms with Crippen LogP contribution in [-0.2, 0) is 10.0 Å². The molecule has 32 heavy (non-hydrogen) atoms. The molecule has 0 aliphatic rings. The summed E-state index contributed by atoms with van der Waals surface area (Å²) in [5, 5.41) is 0. The summed E-state index contributed by atoms with van der Waals surface area (Å²) in [5.41, 5.74) is 4.85. The zero-order chi connectivity index (χ0) is 22.1. The Kier molecular flexibility index (Phi) is 4.95. The van der Waals surface area contributed by atoms with Crippen molar-refractivity contribution in [3.8, 4) is 22.4 Å². The number of hydrogen-bond donors (Lipinski definition) is 1. The molecule has 0 fully saturated rings. The third kappa shape index (κ3) is 3.86. The molecule has 2 aromatic heterocycles. The molecule has 3 aromatic carbocycles. The summed E-state index contributed by atoms with van der Waals surface area (Å²) in [6.07, 6.45) is 5.42. The zero-order valence-electron chi connectivity index (χ0n) is 17.3. The highest BCUT2D eigenvalue weighted by atomic mass is 32.2. The third-order valence-corrected chi connectivity index (χ3v) is 6.67. The molecule has 0 bridgehead atoms. The van der Waals surface area contributed by atoms with Crippen LogP contribution in [0.25, 0.3) is 28.2 Å². The highest BCUT2D eigenvalue weighted by Crippen LogP contribution is 2.28. The van der Waals surface area contributed by atoms with Gasteiger partial charge < -0.3 is 0 Å². The van der Waals surface area contributed by atoms with Crippen LogP contribution < -0.4 is 4.72 Å². The predicted molar refractivity (Wildman–Crippen MR) is 126 cm³/mol. The summed E-state index contributed by atoms with van der Waals surface area (Å²) in [7, 11) is -3.75. The summed E-state index contributed by atoms with van der Waals surface area (Å²) >= 11 is 0. The molecule has 0 amide bonds. The fourth-order valence-corrected chi connectivity index (χ4v) is 4.64. The molecular weight excluding hydrogens is 420 g/mol. The minimum absolute atomic E-state index is 0.207. The molecule has 7 heteroatoms. The molecule has 0 aliphatic carbocycles. The van der Waals surface area contributed by atoms with Gasteiger partial charge in [-0.3, -0.25) is 9.12 Å². The number of hydrogen-bond acceptors (Lipinski definition) is 4. The number of imidazole rings is 1. The van der Waals surface area contributed by atoms with E-state index in [1.54, 1.807) is 24.4 Å². The van der Waals surface area contributed by atoms with E-state index in [9.17, 15) is 8.42 Å². The van der Waals surface area contributed by atoms with Crippen LogP contribution in [0.2, 0.25) is 0 Å². The molecule has 1 N–H and O–H groups in total. The molecule has 5 rings (SSSR count). The largest absolute Gasteiger partial charge is 0.291 e. The maximum atomic E-state index is 13.0. The van der Waals surface area contributed by atoms with Crippen LogP contribution in [-0.4, -0.2) is 22.8 Å². The van der Waals surface area contributed by atoms with Crippen LogP contribution in [0.4, 0.5) is 5.69 Å². The van der Waals surface area contributed by atoms with E-state index in [4.69, 9.17) is 0 Å². The van der Waals surface area contributed by atoms with E-state index in [1.807, 2.05) is 84.4 Å². The van der Waals surface area contributed by atoms with Gasteiger partial charge in [0.15, 0.2) is 0 Å². The van der Waals surface area contributed by atoms with E-state index in [2.05, 4.69) is 14.7 Å². The minimum Gasteiger partial charge on any atom is -0.291 e. The highest BCUT2D eigenvalue weighted by molar-refractivity contribution is 7.92. The minimum atomic E-state index is -3.75. The molecular formula is C25H20N4O2S. The monoisotopic (exact) mass is 440 g/mol. The Morgan fingerprint density at radius 3 is 2.31 bits per heavy atom. The summed E-state index contributed by atoms with van der Waals surface area (Å²) in [5.74, 6) is 0.587. The lowest BCUT2D eigenvalue weighted by Crippen LogP contribution is -2.13. The van der Waals surface area contributed by atoms with Crippen molar-refractivity contribution in [1.29, 1.82) is 0 Å². The van der Waals surface area contributed by atoms with Gasteiger partial charge in [0, 0.05) is 24.2 Å². The number of fused-ring (bicyclic) bond motifs is 1. The molecule has 0 spiro atoms. The van der Waals surface area contributed by atoms with E-state index >= 15 is 0 Å². The van der Waals surface area contributed by atoms with Crippen LogP contribution in [0.3, 0.4) is 0 Å². The second-order valence-corrected chi connectivity index (χ2v) is 9.16. The number of anilines is 1. The topological polar surface area (TPSA) is 76.4 Å². The number of nitrogens with zero attached hydrogens (tertiary/aromatic N) is 3. The SMILES string of the molecule is Cc1ccc(-c2cn3cccnc3n2)cc1NS(=O)(=O)c1ccc(-c2ccccc2)cc1. The van der Waals surface area contributed by atoms with Gasteiger partial charge in [-0.1, -0.05) is 54.6 Å². The molecule has 5 aromatic rings. The lowest BCUT2D eigenvalue weighted by atomic mass is 10.1.